The zero-order valence-electron chi connectivity index (χ0n) is 14.5. The highest BCUT2D eigenvalue weighted by molar-refractivity contribution is 8.13. The van der Waals surface area contributed by atoms with E-state index < -0.39 is 6.04 Å². The Morgan fingerprint density at radius 2 is 2.08 bits per heavy atom. The second-order valence-electron chi connectivity index (χ2n) is 5.03. The van der Waals surface area contributed by atoms with Crippen molar-refractivity contribution < 1.29 is 19.0 Å². The van der Waals surface area contributed by atoms with Gasteiger partial charge in [0.25, 0.3) is 0 Å². The number of hydrogen-bond acceptors (Lipinski definition) is 7. The third-order valence-corrected chi connectivity index (χ3v) is 4.24. The molecule has 24 heavy (non-hydrogen) atoms. The molecule has 0 amide bonds. The molecule has 0 fully saturated rings. The first-order valence-corrected chi connectivity index (χ1v) is 8.76. The van der Waals surface area contributed by atoms with Gasteiger partial charge in [-0.2, -0.15) is 0 Å². The molecule has 1 unspecified atom stereocenters. The maximum atomic E-state index is 12.4. The first-order valence-electron chi connectivity index (χ1n) is 7.54. The molecule has 1 aliphatic rings. The molecule has 6 nitrogen and oxygen atoms in total. The molecule has 0 saturated carbocycles. The highest BCUT2D eigenvalue weighted by Crippen LogP contribution is 2.38. The van der Waals surface area contributed by atoms with Crippen molar-refractivity contribution >= 4 is 22.9 Å². The number of thioether (sulfide) groups is 1. The van der Waals surface area contributed by atoms with Gasteiger partial charge in [-0.25, -0.2) is 9.79 Å². The van der Waals surface area contributed by atoms with Crippen LogP contribution >= 0.6 is 11.8 Å². The van der Waals surface area contributed by atoms with E-state index >= 15 is 0 Å². The fourth-order valence-electron chi connectivity index (χ4n) is 2.49. The Morgan fingerprint density at radius 1 is 1.33 bits per heavy atom. The molecule has 7 heteroatoms. The van der Waals surface area contributed by atoms with Crippen molar-refractivity contribution in [2.75, 3.05) is 27.1 Å². The molecule has 2 rings (SSSR count). The zero-order valence-corrected chi connectivity index (χ0v) is 15.3. The predicted octanol–water partition coefficient (Wildman–Crippen LogP) is 2.90. The second-order valence-corrected chi connectivity index (χ2v) is 5.83. The van der Waals surface area contributed by atoms with Gasteiger partial charge in [-0.1, -0.05) is 11.8 Å². The van der Waals surface area contributed by atoms with E-state index in [0.29, 0.717) is 23.7 Å². The van der Waals surface area contributed by atoms with Crippen LogP contribution in [0.1, 0.15) is 25.5 Å². The number of aliphatic imine (C=N–C) groups is 1. The van der Waals surface area contributed by atoms with Gasteiger partial charge < -0.3 is 19.5 Å². The summed E-state index contributed by atoms with van der Waals surface area (Å²) in [5, 5.41) is 3.88. The molecule has 1 N–H and O–H groups in total. The number of esters is 1. The first kappa shape index (κ1) is 18.2. The average molecular weight is 350 g/mol. The average Bonchev–Trinajstić information content (AvgIpc) is 2.60. The Morgan fingerprint density at radius 3 is 2.67 bits per heavy atom. The lowest BCUT2D eigenvalue weighted by Gasteiger charge is -2.26. The van der Waals surface area contributed by atoms with Crippen LogP contribution in [0.4, 0.5) is 0 Å². The fourth-order valence-corrected chi connectivity index (χ4v) is 2.96. The Kier molecular flexibility index (Phi) is 6.14. The van der Waals surface area contributed by atoms with E-state index in [-0.39, 0.29) is 5.97 Å². The number of rotatable bonds is 5. The lowest BCUT2D eigenvalue weighted by Crippen LogP contribution is -2.30. The largest absolute Gasteiger partial charge is 0.497 e. The number of benzene rings is 1. The number of nitrogens with one attached hydrogen (secondary N) is 1. The quantitative estimate of drug-likeness (QED) is 0.824. The predicted molar refractivity (Wildman–Crippen MR) is 95.7 cm³/mol. The summed E-state index contributed by atoms with van der Waals surface area (Å²) in [5.41, 5.74) is 2.00. The Labute approximate surface area is 146 Å². The van der Waals surface area contributed by atoms with E-state index in [1.54, 1.807) is 27.2 Å². The number of carbonyl (C=O) groups is 1. The monoisotopic (exact) mass is 350 g/mol. The SMILES string of the molecule is CCOC(=O)C1=C(C)NC(SC)=NC1c1ccc(OC)cc1OC. The molecule has 0 radical (unpaired) electrons. The maximum absolute atomic E-state index is 12.4. The van der Waals surface area contributed by atoms with Crippen molar-refractivity contribution in [2.45, 2.75) is 19.9 Å². The van der Waals surface area contributed by atoms with Gasteiger partial charge in [0, 0.05) is 17.3 Å². The summed E-state index contributed by atoms with van der Waals surface area (Å²) < 4.78 is 15.9. The van der Waals surface area contributed by atoms with Gasteiger partial charge in [-0.3, -0.25) is 0 Å². The third-order valence-electron chi connectivity index (χ3n) is 3.64. The molecule has 0 bridgehead atoms. The van der Waals surface area contributed by atoms with Gasteiger partial charge in [0.2, 0.25) is 0 Å². The molecule has 1 aliphatic heterocycles. The van der Waals surface area contributed by atoms with Crippen molar-refractivity contribution in [2.24, 2.45) is 4.99 Å². The summed E-state index contributed by atoms with van der Waals surface area (Å²) in [6.07, 6.45) is 1.93. The Balaban J connectivity index is 2.55. The Hall–Kier alpha value is -2.15. The van der Waals surface area contributed by atoms with Crippen molar-refractivity contribution in [3.05, 3.63) is 35.0 Å². The van der Waals surface area contributed by atoms with E-state index in [4.69, 9.17) is 14.2 Å². The van der Waals surface area contributed by atoms with Gasteiger partial charge in [0.15, 0.2) is 5.17 Å². The number of nitrogens with zero attached hydrogens (tertiary/aromatic N) is 1. The number of allylic oxidation sites excluding steroid dienone is 1. The summed E-state index contributed by atoms with van der Waals surface area (Å²) >= 11 is 1.48. The highest BCUT2D eigenvalue weighted by Gasteiger charge is 2.32. The smallest absolute Gasteiger partial charge is 0.338 e. The molecule has 0 spiro atoms. The van der Waals surface area contributed by atoms with Crippen LogP contribution in [0.5, 0.6) is 11.5 Å². The normalized spacial score (nSPS) is 17.0. The Bertz CT molecular complexity index is 685. The van der Waals surface area contributed by atoms with Crippen LogP contribution in [0.25, 0.3) is 0 Å². The molecule has 0 aliphatic carbocycles. The van der Waals surface area contributed by atoms with Crippen molar-refractivity contribution in [1.29, 1.82) is 0 Å². The minimum atomic E-state index is -0.492. The standard InChI is InChI=1S/C17H22N2O4S/c1-6-23-16(20)14-10(2)18-17(24-5)19-15(14)12-8-7-11(21-3)9-13(12)22-4/h7-9,15H,6H2,1-5H3,(H,18,19). The number of hydrogen-bond donors (Lipinski definition) is 1. The molecule has 1 aromatic rings. The number of carbonyl (C=O) groups excluding carboxylic acids is 1. The van der Waals surface area contributed by atoms with E-state index in [9.17, 15) is 4.79 Å². The number of methoxy groups -OCH3 is 2. The van der Waals surface area contributed by atoms with Gasteiger partial charge in [-0.15, -0.1) is 0 Å². The molecule has 1 atom stereocenters. The summed E-state index contributed by atoms with van der Waals surface area (Å²) in [6, 6.07) is 4.98. The van der Waals surface area contributed by atoms with Crippen LogP contribution in [0.15, 0.2) is 34.5 Å². The van der Waals surface area contributed by atoms with Crippen LogP contribution in [-0.2, 0) is 9.53 Å². The molecular formula is C17H22N2O4S. The van der Waals surface area contributed by atoms with Crippen LogP contribution in [0.3, 0.4) is 0 Å². The first-order chi connectivity index (χ1) is 11.5. The molecular weight excluding hydrogens is 328 g/mol. The van der Waals surface area contributed by atoms with Crippen LogP contribution in [0.2, 0.25) is 0 Å². The van der Waals surface area contributed by atoms with Crippen molar-refractivity contribution in [3.8, 4) is 11.5 Å². The molecule has 1 aromatic carbocycles. The third kappa shape index (κ3) is 3.67. The van der Waals surface area contributed by atoms with Crippen LogP contribution in [0, 0.1) is 0 Å². The van der Waals surface area contributed by atoms with E-state index in [0.717, 1.165) is 16.4 Å². The van der Waals surface area contributed by atoms with Gasteiger partial charge in [0.1, 0.15) is 17.5 Å². The van der Waals surface area contributed by atoms with Gasteiger partial charge >= 0.3 is 5.97 Å². The zero-order chi connectivity index (χ0) is 17.7. The van der Waals surface area contributed by atoms with Crippen molar-refractivity contribution in [3.63, 3.8) is 0 Å². The number of ether oxygens (including phenoxy) is 3. The van der Waals surface area contributed by atoms with E-state index in [1.807, 2.05) is 25.3 Å². The molecule has 1 heterocycles. The summed E-state index contributed by atoms with van der Waals surface area (Å²) in [5.74, 6) is 0.909. The molecule has 0 saturated heterocycles. The maximum Gasteiger partial charge on any atom is 0.338 e. The van der Waals surface area contributed by atoms with Crippen molar-refractivity contribution in [1.82, 2.24) is 5.32 Å². The van der Waals surface area contributed by atoms with Gasteiger partial charge in [0.05, 0.1) is 26.4 Å². The molecule has 0 aromatic heterocycles. The van der Waals surface area contributed by atoms with E-state index in [1.165, 1.54) is 11.8 Å². The fraction of sp³-hybridized carbons (Fsp3) is 0.412. The summed E-state index contributed by atoms with van der Waals surface area (Å²) in [4.78, 5) is 17.1. The highest BCUT2D eigenvalue weighted by atomic mass is 32.2. The van der Waals surface area contributed by atoms with Crippen LogP contribution in [-0.4, -0.2) is 38.2 Å². The minimum Gasteiger partial charge on any atom is -0.497 e. The summed E-state index contributed by atoms with van der Waals surface area (Å²) in [7, 11) is 3.18. The lowest BCUT2D eigenvalue weighted by atomic mass is 9.95. The molecule has 130 valence electrons. The lowest BCUT2D eigenvalue weighted by molar-refractivity contribution is -0.138. The minimum absolute atomic E-state index is 0.307. The van der Waals surface area contributed by atoms with Gasteiger partial charge in [-0.05, 0) is 32.2 Å². The number of amidine groups is 1. The van der Waals surface area contributed by atoms with Crippen LogP contribution < -0.4 is 14.8 Å². The van der Waals surface area contributed by atoms with E-state index in [2.05, 4.69) is 10.3 Å². The summed E-state index contributed by atoms with van der Waals surface area (Å²) in [6.45, 7) is 3.94. The topological polar surface area (TPSA) is 69.2 Å². The second kappa shape index (κ2) is 8.10.